The van der Waals surface area contributed by atoms with Crippen molar-refractivity contribution in [3.05, 3.63) is 76.6 Å². The van der Waals surface area contributed by atoms with Gasteiger partial charge in [-0.1, -0.05) is 43.7 Å². The Balaban J connectivity index is 0.00000408. The van der Waals surface area contributed by atoms with Gasteiger partial charge in [0.25, 0.3) is 0 Å². The van der Waals surface area contributed by atoms with E-state index in [9.17, 15) is 4.79 Å². The van der Waals surface area contributed by atoms with Crippen molar-refractivity contribution in [3.63, 3.8) is 0 Å². The number of anilines is 2. The highest BCUT2D eigenvalue weighted by Crippen LogP contribution is 2.33. The van der Waals surface area contributed by atoms with Crippen LogP contribution in [0.3, 0.4) is 0 Å². The molecule has 0 bridgehead atoms. The maximum Gasteiger partial charge on any atom is 0.228 e. The Bertz CT molecular complexity index is 1120. The number of carbonyl (C=O) groups is 1. The van der Waals surface area contributed by atoms with Gasteiger partial charge in [0.15, 0.2) is 0 Å². The van der Waals surface area contributed by atoms with Crippen molar-refractivity contribution in [1.29, 1.82) is 0 Å². The smallest absolute Gasteiger partial charge is 0.228 e. The fourth-order valence-corrected chi connectivity index (χ4v) is 4.11. The summed E-state index contributed by atoms with van der Waals surface area (Å²) in [7, 11) is 3.99. The lowest BCUT2D eigenvalue weighted by Gasteiger charge is -2.21. The highest BCUT2D eigenvalue weighted by atomic mass is 35.5. The van der Waals surface area contributed by atoms with Crippen LogP contribution in [0.25, 0.3) is 11.1 Å². The topological polar surface area (TPSA) is 71.2 Å². The summed E-state index contributed by atoms with van der Waals surface area (Å²) >= 11 is 0. The lowest BCUT2D eigenvalue weighted by atomic mass is 9.88. The number of aryl methyl sites for hydroxylation is 2. The van der Waals surface area contributed by atoms with Gasteiger partial charge in [-0.25, -0.2) is 0 Å². The molecule has 0 unspecified atom stereocenters. The predicted octanol–water partition coefficient (Wildman–Crippen LogP) is 6.54. The van der Waals surface area contributed by atoms with Gasteiger partial charge in [-0.2, -0.15) is 0 Å². The minimum absolute atomic E-state index is 0. The van der Waals surface area contributed by atoms with Crippen LogP contribution in [-0.2, 0) is 24.2 Å². The standard InChI is InChI=1S/C28H36N4O.3ClH/c1-18(2)15-26-25(17-29)28(21-9-7-19(3)8-10-21)24(20(4)30-26)16-27(33)31-22-11-13-23(14-12-22)32(5)6;;;/h7-14,18H,15-17,29H2,1-6H3,(H,31,33);3*1H. The predicted molar refractivity (Wildman–Crippen MR) is 160 cm³/mol. The molecule has 0 spiro atoms. The number of benzene rings is 2. The Labute approximate surface area is 234 Å². The Morgan fingerprint density at radius 1 is 0.944 bits per heavy atom. The van der Waals surface area contributed by atoms with Crippen LogP contribution in [0.5, 0.6) is 0 Å². The third-order valence-electron chi connectivity index (χ3n) is 5.84. The molecule has 3 rings (SSSR count). The van der Waals surface area contributed by atoms with E-state index in [4.69, 9.17) is 10.7 Å². The molecule has 36 heavy (non-hydrogen) atoms. The van der Waals surface area contributed by atoms with Gasteiger partial charge in [0.2, 0.25) is 5.91 Å². The largest absolute Gasteiger partial charge is 0.378 e. The van der Waals surface area contributed by atoms with Gasteiger partial charge in [-0.3, -0.25) is 9.78 Å². The van der Waals surface area contributed by atoms with Crippen LogP contribution in [0.4, 0.5) is 11.4 Å². The van der Waals surface area contributed by atoms with E-state index in [2.05, 4.69) is 50.4 Å². The molecule has 0 atom stereocenters. The third-order valence-corrected chi connectivity index (χ3v) is 5.84. The molecule has 198 valence electrons. The van der Waals surface area contributed by atoms with Crippen molar-refractivity contribution < 1.29 is 4.79 Å². The van der Waals surface area contributed by atoms with Crippen LogP contribution in [0.2, 0.25) is 0 Å². The summed E-state index contributed by atoms with van der Waals surface area (Å²) in [6.45, 7) is 8.83. The molecular weight excluding hydrogens is 515 g/mol. The van der Waals surface area contributed by atoms with Crippen LogP contribution < -0.4 is 16.0 Å². The number of aromatic nitrogens is 1. The number of halogens is 3. The molecule has 5 nitrogen and oxygen atoms in total. The van der Waals surface area contributed by atoms with Gasteiger partial charge in [0.05, 0.1) is 6.42 Å². The number of carbonyl (C=O) groups excluding carboxylic acids is 1. The van der Waals surface area contributed by atoms with Gasteiger partial charge in [0, 0.05) is 43.4 Å². The van der Waals surface area contributed by atoms with Crippen molar-refractivity contribution >= 4 is 54.5 Å². The zero-order chi connectivity index (χ0) is 24.1. The number of amides is 1. The number of nitrogens with one attached hydrogen (secondary N) is 1. The molecule has 3 aromatic rings. The average Bonchev–Trinajstić information content (AvgIpc) is 2.76. The van der Waals surface area contributed by atoms with E-state index < -0.39 is 0 Å². The summed E-state index contributed by atoms with van der Waals surface area (Å²) in [5.41, 5.74) is 15.4. The number of rotatable bonds is 8. The van der Waals surface area contributed by atoms with Crippen molar-refractivity contribution in [2.24, 2.45) is 11.7 Å². The molecule has 0 fully saturated rings. The minimum Gasteiger partial charge on any atom is -0.378 e. The number of nitrogens with two attached hydrogens (primary N) is 1. The fraction of sp³-hybridized carbons (Fsp3) is 0.357. The molecule has 0 radical (unpaired) electrons. The molecule has 8 heteroatoms. The molecule has 3 N–H and O–H groups in total. The van der Waals surface area contributed by atoms with Crippen molar-refractivity contribution in [2.45, 2.75) is 47.1 Å². The number of hydrogen-bond acceptors (Lipinski definition) is 4. The summed E-state index contributed by atoms with van der Waals surface area (Å²) in [6, 6.07) is 16.3. The average molecular weight is 554 g/mol. The van der Waals surface area contributed by atoms with E-state index in [1.165, 1.54) is 5.56 Å². The first-order chi connectivity index (χ1) is 15.7. The van der Waals surface area contributed by atoms with E-state index in [0.717, 1.165) is 51.4 Å². The van der Waals surface area contributed by atoms with Crippen molar-refractivity contribution in [3.8, 4) is 11.1 Å². The second-order valence-corrected chi connectivity index (χ2v) is 9.31. The zero-order valence-electron chi connectivity index (χ0n) is 21.9. The highest BCUT2D eigenvalue weighted by Gasteiger charge is 2.21. The summed E-state index contributed by atoms with van der Waals surface area (Å²) in [4.78, 5) is 20.0. The molecule has 0 saturated heterocycles. The number of pyridine rings is 1. The molecule has 0 aliphatic heterocycles. The first kappa shape index (κ1) is 33.7. The molecule has 1 aromatic heterocycles. The van der Waals surface area contributed by atoms with Gasteiger partial charge in [0.1, 0.15) is 0 Å². The van der Waals surface area contributed by atoms with Gasteiger partial charge < -0.3 is 16.0 Å². The van der Waals surface area contributed by atoms with Gasteiger partial charge in [-0.05, 0) is 72.7 Å². The maximum atomic E-state index is 13.1. The normalized spacial score (nSPS) is 10.1. The van der Waals surface area contributed by atoms with Crippen LogP contribution in [0, 0.1) is 19.8 Å². The lowest BCUT2D eigenvalue weighted by molar-refractivity contribution is -0.115. The van der Waals surface area contributed by atoms with Gasteiger partial charge >= 0.3 is 0 Å². The van der Waals surface area contributed by atoms with Crippen LogP contribution in [-0.4, -0.2) is 25.0 Å². The minimum atomic E-state index is -0.0644. The van der Waals surface area contributed by atoms with E-state index in [-0.39, 0.29) is 49.5 Å². The second kappa shape index (κ2) is 15.1. The quantitative estimate of drug-likeness (QED) is 0.332. The van der Waals surface area contributed by atoms with Crippen LogP contribution >= 0.6 is 37.2 Å². The summed E-state index contributed by atoms with van der Waals surface area (Å²) in [5.74, 6) is 0.401. The first-order valence-electron chi connectivity index (χ1n) is 11.5. The molecular formula is C28H39Cl3N4O. The van der Waals surface area contributed by atoms with E-state index >= 15 is 0 Å². The fourth-order valence-electron chi connectivity index (χ4n) is 4.11. The lowest BCUT2D eigenvalue weighted by Crippen LogP contribution is -2.19. The van der Waals surface area contributed by atoms with Crippen LogP contribution in [0.15, 0.2) is 48.5 Å². The molecule has 0 saturated carbocycles. The third kappa shape index (κ3) is 8.38. The number of nitrogens with zero attached hydrogens (tertiary/aromatic N) is 2. The maximum absolute atomic E-state index is 13.1. The molecule has 1 heterocycles. The Hall–Kier alpha value is -2.31. The Morgan fingerprint density at radius 3 is 2.03 bits per heavy atom. The number of hydrogen-bond donors (Lipinski definition) is 2. The van der Waals surface area contributed by atoms with Crippen LogP contribution in [0.1, 0.15) is 41.9 Å². The van der Waals surface area contributed by atoms with Crippen molar-refractivity contribution in [2.75, 3.05) is 24.3 Å². The van der Waals surface area contributed by atoms with E-state index in [0.29, 0.717) is 12.5 Å². The molecule has 0 aliphatic carbocycles. The monoisotopic (exact) mass is 552 g/mol. The molecule has 0 aliphatic rings. The SMILES string of the molecule is Cc1ccc(-c2c(CC(=O)Nc3ccc(N(C)C)cc3)c(C)nc(CC(C)C)c2CN)cc1.Cl.Cl.Cl. The molecule has 2 aromatic carbocycles. The zero-order valence-corrected chi connectivity index (χ0v) is 24.4. The Kier molecular flexibility index (Phi) is 14.1. The van der Waals surface area contributed by atoms with E-state index in [1.807, 2.05) is 50.2 Å². The van der Waals surface area contributed by atoms with Crippen molar-refractivity contribution in [1.82, 2.24) is 4.98 Å². The Morgan fingerprint density at radius 2 is 1.53 bits per heavy atom. The molecule has 1 amide bonds. The first-order valence-corrected chi connectivity index (χ1v) is 11.5. The highest BCUT2D eigenvalue weighted by molar-refractivity contribution is 5.94. The summed E-state index contributed by atoms with van der Waals surface area (Å²) < 4.78 is 0. The van der Waals surface area contributed by atoms with Gasteiger partial charge in [-0.15, -0.1) is 37.2 Å². The van der Waals surface area contributed by atoms with E-state index in [1.54, 1.807) is 0 Å². The summed E-state index contributed by atoms with van der Waals surface area (Å²) in [5, 5.41) is 3.04. The summed E-state index contributed by atoms with van der Waals surface area (Å²) in [6.07, 6.45) is 1.10. The second-order valence-electron chi connectivity index (χ2n) is 9.31.